The second-order valence-corrected chi connectivity index (χ2v) is 3.79. The summed E-state index contributed by atoms with van der Waals surface area (Å²) >= 11 is 0. The molecule has 1 atom stereocenters. The Morgan fingerprint density at radius 3 is 2.75 bits per heavy atom. The monoisotopic (exact) mass is 168 g/mol. The standard InChI is InChI=1S/C10H16O2/c1-7(2)4-5-9-6-12-10(11)8(9)3/h7,9H,3-6H2,1-2H3. The number of cyclic esters (lactones) is 1. The van der Waals surface area contributed by atoms with Gasteiger partial charge in [0.25, 0.3) is 0 Å². The second-order valence-electron chi connectivity index (χ2n) is 3.79. The zero-order valence-corrected chi connectivity index (χ0v) is 7.80. The van der Waals surface area contributed by atoms with Crippen molar-refractivity contribution < 1.29 is 9.53 Å². The van der Waals surface area contributed by atoms with E-state index in [1.807, 2.05) is 0 Å². The van der Waals surface area contributed by atoms with E-state index in [1.54, 1.807) is 0 Å². The summed E-state index contributed by atoms with van der Waals surface area (Å²) in [6.45, 7) is 8.63. The summed E-state index contributed by atoms with van der Waals surface area (Å²) in [5.74, 6) is 0.761. The molecule has 1 aliphatic rings. The summed E-state index contributed by atoms with van der Waals surface area (Å²) in [4.78, 5) is 10.9. The van der Waals surface area contributed by atoms with Crippen LogP contribution in [0.15, 0.2) is 12.2 Å². The number of hydrogen-bond donors (Lipinski definition) is 0. The lowest BCUT2D eigenvalue weighted by molar-refractivity contribution is -0.135. The van der Waals surface area contributed by atoms with Crippen LogP contribution >= 0.6 is 0 Å². The first-order chi connectivity index (χ1) is 5.61. The molecule has 0 aromatic carbocycles. The third kappa shape index (κ3) is 2.10. The average molecular weight is 168 g/mol. The van der Waals surface area contributed by atoms with Gasteiger partial charge in [-0.1, -0.05) is 26.8 Å². The first-order valence-corrected chi connectivity index (χ1v) is 4.47. The van der Waals surface area contributed by atoms with Crippen LogP contribution in [-0.4, -0.2) is 12.6 Å². The predicted octanol–water partition coefficient (Wildman–Crippen LogP) is 2.15. The van der Waals surface area contributed by atoms with Crippen LogP contribution in [0.3, 0.4) is 0 Å². The Bertz CT molecular complexity index is 194. The van der Waals surface area contributed by atoms with E-state index in [4.69, 9.17) is 4.74 Å². The van der Waals surface area contributed by atoms with Crippen molar-refractivity contribution in [1.29, 1.82) is 0 Å². The van der Waals surface area contributed by atoms with E-state index in [1.165, 1.54) is 0 Å². The minimum Gasteiger partial charge on any atom is -0.462 e. The summed E-state index contributed by atoms with van der Waals surface area (Å²) in [5, 5.41) is 0. The minimum atomic E-state index is -0.205. The lowest BCUT2D eigenvalue weighted by Gasteiger charge is -2.08. The topological polar surface area (TPSA) is 26.3 Å². The van der Waals surface area contributed by atoms with Crippen LogP contribution in [0.2, 0.25) is 0 Å². The van der Waals surface area contributed by atoms with Gasteiger partial charge < -0.3 is 4.74 Å². The van der Waals surface area contributed by atoms with E-state index < -0.39 is 0 Å². The Morgan fingerprint density at radius 2 is 2.33 bits per heavy atom. The Balaban J connectivity index is 2.34. The number of ether oxygens (including phenoxy) is 1. The first-order valence-electron chi connectivity index (χ1n) is 4.47. The van der Waals surface area contributed by atoms with Crippen LogP contribution in [0, 0.1) is 11.8 Å². The van der Waals surface area contributed by atoms with E-state index in [0.29, 0.717) is 18.1 Å². The van der Waals surface area contributed by atoms with Gasteiger partial charge in [-0.15, -0.1) is 0 Å². The van der Waals surface area contributed by atoms with Crippen LogP contribution in [0.5, 0.6) is 0 Å². The van der Waals surface area contributed by atoms with Crippen molar-refractivity contribution in [1.82, 2.24) is 0 Å². The zero-order chi connectivity index (χ0) is 9.14. The molecule has 1 heterocycles. The Hall–Kier alpha value is -0.790. The molecule has 68 valence electrons. The summed E-state index contributed by atoms with van der Waals surface area (Å²) in [7, 11) is 0. The highest BCUT2D eigenvalue weighted by molar-refractivity contribution is 5.90. The van der Waals surface area contributed by atoms with Gasteiger partial charge in [-0.2, -0.15) is 0 Å². The van der Waals surface area contributed by atoms with Crippen LogP contribution in [0.4, 0.5) is 0 Å². The van der Waals surface area contributed by atoms with Crippen molar-refractivity contribution in [3.63, 3.8) is 0 Å². The highest BCUT2D eigenvalue weighted by Gasteiger charge is 2.27. The number of rotatable bonds is 3. The molecular formula is C10H16O2. The maximum Gasteiger partial charge on any atom is 0.333 e. The molecule has 0 N–H and O–H groups in total. The fourth-order valence-corrected chi connectivity index (χ4v) is 1.33. The minimum absolute atomic E-state index is 0.205. The van der Waals surface area contributed by atoms with E-state index >= 15 is 0 Å². The molecule has 0 aromatic rings. The number of carbonyl (C=O) groups is 1. The maximum absolute atomic E-state index is 10.9. The molecule has 1 unspecified atom stereocenters. The Morgan fingerprint density at radius 1 is 1.67 bits per heavy atom. The molecule has 2 nitrogen and oxygen atoms in total. The summed E-state index contributed by atoms with van der Waals surface area (Å²) in [6, 6.07) is 0. The predicted molar refractivity (Wildman–Crippen MR) is 47.7 cm³/mol. The van der Waals surface area contributed by atoms with Gasteiger partial charge in [-0.3, -0.25) is 0 Å². The van der Waals surface area contributed by atoms with Crippen LogP contribution in [0.25, 0.3) is 0 Å². The lowest BCUT2D eigenvalue weighted by atomic mass is 9.94. The van der Waals surface area contributed by atoms with Crippen LogP contribution < -0.4 is 0 Å². The molecule has 0 spiro atoms. The molecule has 0 saturated carbocycles. The van der Waals surface area contributed by atoms with E-state index in [0.717, 1.165) is 12.8 Å². The highest BCUT2D eigenvalue weighted by Crippen LogP contribution is 2.25. The van der Waals surface area contributed by atoms with E-state index in [2.05, 4.69) is 20.4 Å². The largest absolute Gasteiger partial charge is 0.462 e. The van der Waals surface area contributed by atoms with Gasteiger partial charge in [0.15, 0.2) is 0 Å². The van der Waals surface area contributed by atoms with Gasteiger partial charge in [0, 0.05) is 11.5 Å². The lowest BCUT2D eigenvalue weighted by Crippen LogP contribution is -2.03. The second kappa shape index (κ2) is 3.74. The fraction of sp³-hybridized carbons (Fsp3) is 0.700. The highest BCUT2D eigenvalue weighted by atomic mass is 16.5. The molecule has 0 bridgehead atoms. The quantitative estimate of drug-likeness (QED) is 0.477. The Labute approximate surface area is 73.6 Å². The van der Waals surface area contributed by atoms with Crippen molar-refractivity contribution in [3.8, 4) is 0 Å². The first kappa shape index (κ1) is 9.30. The average Bonchev–Trinajstić information content (AvgIpc) is 2.30. The van der Waals surface area contributed by atoms with E-state index in [-0.39, 0.29) is 11.9 Å². The molecule has 0 aromatic heterocycles. The molecule has 1 aliphatic heterocycles. The normalized spacial score (nSPS) is 23.4. The molecule has 0 amide bonds. The molecule has 1 rings (SSSR count). The van der Waals surface area contributed by atoms with Crippen molar-refractivity contribution >= 4 is 5.97 Å². The third-order valence-corrected chi connectivity index (χ3v) is 2.26. The van der Waals surface area contributed by atoms with Crippen LogP contribution in [-0.2, 0) is 9.53 Å². The molecule has 12 heavy (non-hydrogen) atoms. The van der Waals surface area contributed by atoms with Gasteiger partial charge in [-0.05, 0) is 12.3 Å². The van der Waals surface area contributed by atoms with Crippen molar-refractivity contribution in [3.05, 3.63) is 12.2 Å². The van der Waals surface area contributed by atoms with Gasteiger partial charge in [0.05, 0.1) is 6.61 Å². The third-order valence-electron chi connectivity index (χ3n) is 2.26. The van der Waals surface area contributed by atoms with Gasteiger partial charge >= 0.3 is 5.97 Å². The number of carbonyl (C=O) groups excluding carboxylic acids is 1. The maximum atomic E-state index is 10.9. The molecule has 0 aliphatic carbocycles. The van der Waals surface area contributed by atoms with Crippen molar-refractivity contribution in [2.45, 2.75) is 26.7 Å². The Kier molecular flexibility index (Phi) is 2.90. The summed E-state index contributed by atoms with van der Waals surface area (Å²) in [6.07, 6.45) is 2.17. The molecule has 0 radical (unpaired) electrons. The van der Waals surface area contributed by atoms with Gasteiger partial charge in [0.1, 0.15) is 0 Å². The zero-order valence-electron chi connectivity index (χ0n) is 7.80. The smallest absolute Gasteiger partial charge is 0.333 e. The van der Waals surface area contributed by atoms with Gasteiger partial charge in [0.2, 0.25) is 0 Å². The molecule has 1 fully saturated rings. The van der Waals surface area contributed by atoms with E-state index in [9.17, 15) is 4.79 Å². The van der Waals surface area contributed by atoms with Gasteiger partial charge in [-0.25, -0.2) is 4.79 Å². The summed E-state index contributed by atoms with van der Waals surface area (Å²) < 4.78 is 4.87. The fourth-order valence-electron chi connectivity index (χ4n) is 1.33. The summed E-state index contributed by atoms with van der Waals surface area (Å²) in [5.41, 5.74) is 0.663. The number of esters is 1. The SMILES string of the molecule is C=C1C(=O)OCC1CCC(C)C. The van der Waals surface area contributed by atoms with Crippen LogP contribution in [0.1, 0.15) is 26.7 Å². The molecular weight excluding hydrogens is 152 g/mol. The molecule has 2 heteroatoms. The van der Waals surface area contributed by atoms with Crippen molar-refractivity contribution in [2.75, 3.05) is 6.61 Å². The van der Waals surface area contributed by atoms with Crippen molar-refractivity contribution in [2.24, 2.45) is 11.8 Å². The number of hydrogen-bond acceptors (Lipinski definition) is 2. The molecule has 1 saturated heterocycles.